The van der Waals surface area contributed by atoms with Crippen LogP contribution >= 0.6 is 11.3 Å². The van der Waals surface area contributed by atoms with Gasteiger partial charge in [0.15, 0.2) is 0 Å². The van der Waals surface area contributed by atoms with Crippen molar-refractivity contribution in [3.63, 3.8) is 0 Å². The number of hydrogen-bond donors (Lipinski definition) is 1. The first-order valence-corrected chi connectivity index (χ1v) is 10.9. The van der Waals surface area contributed by atoms with Crippen molar-refractivity contribution < 1.29 is 9.53 Å². The largest absolute Gasteiger partial charge is 0.444 e. The highest BCUT2D eigenvalue weighted by Crippen LogP contribution is 2.31. The smallest absolute Gasteiger partial charge is 0.410 e. The van der Waals surface area contributed by atoms with Crippen LogP contribution in [0.25, 0.3) is 20.7 Å². The van der Waals surface area contributed by atoms with Gasteiger partial charge in [-0.25, -0.2) is 9.59 Å². The molecule has 4 rings (SSSR count). The van der Waals surface area contributed by atoms with Crippen LogP contribution in [0.15, 0.2) is 46.0 Å². The number of amides is 1. The number of benzene rings is 1. The molecule has 8 heteroatoms. The Kier molecular flexibility index (Phi) is 5.27. The Balaban J connectivity index is 1.59. The Morgan fingerprint density at radius 3 is 2.43 bits per heavy atom. The summed E-state index contributed by atoms with van der Waals surface area (Å²) in [5.41, 5.74) is -0.216. The van der Waals surface area contributed by atoms with Crippen LogP contribution in [-0.4, -0.2) is 39.2 Å². The minimum atomic E-state index is -0.553. The Hall–Kier alpha value is -2.87. The maximum absolute atomic E-state index is 13.1. The van der Waals surface area contributed by atoms with Crippen molar-refractivity contribution in [1.29, 1.82) is 0 Å². The Bertz CT molecular complexity index is 1180. The highest BCUT2D eigenvalue weighted by molar-refractivity contribution is 7.21. The van der Waals surface area contributed by atoms with Gasteiger partial charge in [0, 0.05) is 24.0 Å². The molecule has 0 aliphatic carbocycles. The second kappa shape index (κ2) is 7.75. The van der Waals surface area contributed by atoms with Gasteiger partial charge in [-0.2, -0.15) is 0 Å². The Labute approximate surface area is 177 Å². The summed E-state index contributed by atoms with van der Waals surface area (Å²) in [6, 6.07) is 11.4. The van der Waals surface area contributed by atoms with Crippen LogP contribution in [0.5, 0.6) is 0 Å². The lowest BCUT2D eigenvalue weighted by Gasteiger charge is -2.33. The molecule has 30 heavy (non-hydrogen) atoms. The van der Waals surface area contributed by atoms with E-state index in [4.69, 9.17) is 4.74 Å². The van der Waals surface area contributed by atoms with Gasteiger partial charge in [0.25, 0.3) is 5.56 Å². The van der Waals surface area contributed by atoms with Crippen LogP contribution in [0, 0.1) is 0 Å². The maximum Gasteiger partial charge on any atom is 0.410 e. The minimum absolute atomic E-state index is 0.246. The molecule has 3 heterocycles. The number of aromatic nitrogens is 2. The van der Waals surface area contributed by atoms with Crippen molar-refractivity contribution in [1.82, 2.24) is 14.5 Å². The zero-order valence-electron chi connectivity index (χ0n) is 17.3. The number of ether oxygens (including phenoxy) is 1. The van der Waals surface area contributed by atoms with E-state index in [1.807, 2.05) is 57.2 Å². The molecule has 1 amide bonds. The first-order chi connectivity index (χ1) is 14.2. The van der Waals surface area contributed by atoms with E-state index in [0.29, 0.717) is 36.1 Å². The number of likely N-dealkylation sites (tertiary alicyclic amines) is 1. The predicted octanol–water partition coefficient (Wildman–Crippen LogP) is 3.99. The molecule has 1 aliphatic heterocycles. The van der Waals surface area contributed by atoms with E-state index in [1.165, 1.54) is 15.9 Å². The van der Waals surface area contributed by atoms with Gasteiger partial charge in [0.2, 0.25) is 0 Å². The molecule has 1 saturated heterocycles. The third-order valence-electron chi connectivity index (χ3n) is 5.16. The molecule has 1 aliphatic rings. The molecular weight excluding hydrogens is 402 g/mol. The standard InChI is InChI=1S/C22H25N3O4S/c1-22(2,3)29-21(28)24-11-9-15(10-12-24)25-19(26)16-13-17(14-7-5-4-6-8-14)30-18(16)23-20(25)27/h4-8,13,15H,9-12H2,1-3H3,(H,23,27). The second-order valence-electron chi connectivity index (χ2n) is 8.52. The van der Waals surface area contributed by atoms with Gasteiger partial charge in [-0.1, -0.05) is 30.3 Å². The highest BCUT2D eigenvalue weighted by Gasteiger charge is 2.29. The summed E-state index contributed by atoms with van der Waals surface area (Å²) in [6.07, 6.45) is 0.704. The van der Waals surface area contributed by atoms with Gasteiger partial charge in [0.1, 0.15) is 10.4 Å². The minimum Gasteiger partial charge on any atom is -0.444 e. The maximum atomic E-state index is 13.1. The molecule has 158 valence electrons. The number of nitrogens with zero attached hydrogens (tertiary/aromatic N) is 2. The molecule has 0 unspecified atom stereocenters. The van der Waals surface area contributed by atoms with Gasteiger partial charge < -0.3 is 9.64 Å². The summed E-state index contributed by atoms with van der Waals surface area (Å²) >= 11 is 1.41. The van der Waals surface area contributed by atoms with Crippen LogP contribution in [0.4, 0.5) is 4.79 Å². The average Bonchev–Trinajstić information content (AvgIpc) is 3.12. The van der Waals surface area contributed by atoms with Crippen LogP contribution in [0.1, 0.15) is 39.7 Å². The van der Waals surface area contributed by atoms with Crippen molar-refractivity contribution in [2.24, 2.45) is 0 Å². The number of piperidine rings is 1. The first-order valence-electron chi connectivity index (χ1n) is 10.0. The normalized spacial score (nSPS) is 15.5. The SMILES string of the molecule is CC(C)(C)OC(=O)N1CCC(n2c(=O)[nH]c3sc(-c4ccccc4)cc3c2=O)CC1. The summed E-state index contributed by atoms with van der Waals surface area (Å²) in [7, 11) is 0. The monoisotopic (exact) mass is 427 g/mol. The van der Waals surface area contributed by atoms with E-state index in [-0.39, 0.29) is 17.7 Å². The second-order valence-corrected chi connectivity index (χ2v) is 9.58. The Morgan fingerprint density at radius 2 is 1.80 bits per heavy atom. The van der Waals surface area contributed by atoms with Gasteiger partial charge in [-0.3, -0.25) is 14.3 Å². The molecule has 7 nitrogen and oxygen atoms in total. The van der Waals surface area contributed by atoms with E-state index < -0.39 is 11.3 Å². The number of hydrogen-bond acceptors (Lipinski definition) is 5. The van der Waals surface area contributed by atoms with E-state index in [9.17, 15) is 14.4 Å². The fourth-order valence-electron chi connectivity index (χ4n) is 3.73. The van der Waals surface area contributed by atoms with Crippen molar-refractivity contribution in [3.8, 4) is 10.4 Å². The lowest BCUT2D eigenvalue weighted by molar-refractivity contribution is 0.0186. The van der Waals surface area contributed by atoms with Crippen LogP contribution < -0.4 is 11.2 Å². The van der Waals surface area contributed by atoms with Gasteiger partial charge >= 0.3 is 11.8 Å². The first kappa shape index (κ1) is 20.4. The summed E-state index contributed by atoms with van der Waals surface area (Å²) in [5.74, 6) is 0. The summed E-state index contributed by atoms with van der Waals surface area (Å²) in [6.45, 7) is 6.38. The molecule has 0 spiro atoms. The molecule has 1 aromatic carbocycles. The molecule has 0 bridgehead atoms. The molecule has 1 N–H and O–H groups in total. The van der Waals surface area contributed by atoms with E-state index in [1.54, 1.807) is 4.90 Å². The molecule has 0 atom stereocenters. The molecule has 0 radical (unpaired) electrons. The van der Waals surface area contributed by atoms with Crippen molar-refractivity contribution in [2.45, 2.75) is 45.3 Å². The average molecular weight is 428 g/mol. The van der Waals surface area contributed by atoms with E-state index in [0.717, 1.165) is 10.4 Å². The lowest BCUT2D eigenvalue weighted by atomic mass is 10.0. The third kappa shape index (κ3) is 4.05. The van der Waals surface area contributed by atoms with Crippen molar-refractivity contribution in [3.05, 3.63) is 57.2 Å². The van der Waals surface area contributed by atoms with E-state index >= 15 is 0 Å². The van der Waals surface area contributed by atoms with Crippen molar-refractivity contribution in [2.75, 3.05) is 13.1 Å². The fraction of sp³-hybridized carbons (Fsp3) is 0.409. The quantitative estimate of drug-likeness (QED) is 0.670. The number of thiophene rings is 1. The Morgan fingerprint density at radius 1 is 1.13 bits per heavy atom. The number of carbonyl (C=O) groups excluding carboxylic acids is 1. The molecule has 0 saturated carbocycles. The van der Waals surface area contributed by atoms with Gasteiger partial charge in [0.05, 0.1) is 5.39 Å². The van der Waals surface area contributed by atoms with Crippen LogP contribution in [-0.2, 0) is 4.74 Å². The van der Waals surface area contributed by atoms with Gasteiger partial charge in [-0.05, 0) is 45.2 Å². The third-order valence-corrected chi connectivity index (χ3v) is 6.26. The van der Waals surface area contributed by atoms with Crippen molar-refractivity contribution >= 4 is 27.6 Å². The molecular formula is C22H25N3O4S. The number of carbonyl (C=O) groups is 1. The van der Waals surface area contributed by atoms with Crippen LogP contribution in [0.3, 0.4) is 0 Å². The zero-order chi connectivity index (χ0) is 21.5. The highest BCUT2D eigenvalue weighted by atomic mass is 32.1. The molecule has 3 aromatic rings. The number of nitrogens with one attached hydrogen (secondary N) is 1. The summed E-state index contributed by atoms with van der Waals surface area (Å²) < 4.78 is 6.74. The summed E-state index contributed by atoms with van der Waals surface area (Å²) in [5, 5.41) is 0.521. The van der Waals surface area contributed by atoms with Gasteiger partial charge in [-0.15, -0.1) is 11.3 Å². The topological polar surface area (TPSA) is 84.4 Å². The van der Waals surface area contributed by atoms with E-state index in [2.05, 4.69) is 4.98 Å². The lowest BCUT2D eigenvalue weighted by Crippen LogP contribution is -2.46. The number of rotatable bonds is 2. The molecule has 2 aromatic heterocycles. The predicted molar refractivity (Wildman–Crippen MR) is 118 cm³/mol. The number of aromatic amines is 1. The summed E-state index contributed by atoms with van der Waals surface area (Å²) in [4.78, 5) is 44.2. The number of fused-ring (bicyclic) bond motifs is 1. The number of H-pyrrole nitrogens is 1. The van der Waals surface area contributed by atoms with Crippen LogP contribution in [0.2, 0.25) is 0 Å². The zero-order valence-corrected chi connectivity index (χ0v) is 18.1. The fourth-order valence-corrected chi connectivity index (χ4v) is 4.78. The molecule has 1 fully saturated rings.